The van der Waals surface area contributed by atoms with Gasteiger partial charge in [0.05, 0.1) is 0 Å². The molecule has 0 saturated carbocycles. The molecule has 2 rings (SSSR count). The van der Waals surface area contributed by atoms with E-state index >= 15 is 0 Å². The van der Waals surface area contributed by atoms with Gasteiger partial charge in [-0.15, -0.1) is 0 Å². The van der Waals surface area contributed by atoms with E-state index in [0.29, 0.717) is 5.75 Å². The van der Waals surface area contributed by atoms with Crippen molar-refractivity contribution in [3.8, 4) is 5.75 Å². The van der Waals surface area contributed by atoms with Gasteiger partial charge in [-0.3, -0.25) is 4.79 Å². The van der Waals surface area contributed by atoms with Crippen LogP contribution in [0.4, 0.5) is 0 Å². The van der Waals surface area contributed by atoms with Crippen LogP contribution in [0.15, 0.2) is 36.4 Å². The standard InChI is InChI=1S/C13H12O2/c1-9-7-11-5-3-4-6-12(11)13(8-9)15-10(2)14/h3-8H,1-2H3. The smallest absolute Gasteiger partial charge is 0.308 e. The van der Waals surface area contributed by atoms with Gasteiger partial charge in [-0.05, 0) is 23.9 Å². The fourth-order valence-corrected chi connectivity index (χ4v) is 1.66. The summed E-state index contributed by atoms with van der Waals surface area (Å²) < 4.78 is 5.17. The number of hydrogen-bond acceptors (Lipinski definition) is 2. The lowest BCUT2D eigenvalue weighted by atomic mass is 10.1. The first-order chi connectivity index (χ1) is 7.16. The molecule has 0 heterocycles. The largest absolute Gasteiger partial charge is 0.426 e. The average Bonchev–Trinajstić information content (AvgIpc) is 2.16. The highest BCUT2D eigenvalue weighted by Crippen LogP contribution is 2.27. The third kappa shape index (κ3) is 1.99. The molecule has 0 aromatic heterocycles. The maximum absolute atomic E-state index is 10.9. The highest BCUT2D eigenvalue weighted by atomic mass is 16.5. The first-order valence-electron chi connectivity index (χ1n) is 4.84. The summed E-state index contributed by atoms with van der Waals surface area (Å²) in [5.74, 6) is 0.351. The highest BCUT2D eigenvalue weighted by molar-refractivity contribution is 5.90. The highest BCUT2D eigenvalue weighted by Gasteiger charge is 2.04. The normalized spacial score (nSPS) is 10.3. The zero-order valence-electron chi connectivity index (χ0n) is 8.78. The van der Waals surface area contributed by atoms with Crippen molar-refractivity contribution in [1.82, 2.24) is 0 Å². The molecule has 2 aromatic carbocycles. The van der Waals surface area contributed by atoms with Crippen LogP contribution >= 0.6 is 0 Å². The number of aryl methyl sites for hydroxylation is 1. The Bertz CT molecular complexity index is 515. The molecule has 0 bridgehead atoms. The first kappa shape index (κ1) is 9.71. The van der Waals surface area contributed by atoms with Crippen molar-refractivity contribution >= 4 is 16.7 Å². The molecule has 15 heavy (non-hydrogen) atoms. The van der Waals surface area contributed by atoms with Crippen LogP contribution in [0.1, 0.15) is 12.5 Å². The second-order valence-corrected chi connectivity index (χ2v) is 3.58. The molecule has 0 unspecified atom stereocenters. The molecule has 0 fully saturated rings. The van der Waals surface area contributed by atoms with Crippen molar-refractivity contribution in [2.75, 3.05) is 0 Å². The van der Waals surface area contributed by atoms with Gasteiger partial charge in [0.25, 0.3) is 0 Å². The zero-order valence-corrected chi connectivity index (χ0v) is 8.78. The number of carbonyl (C=O) groups is 1. The molecule has 0 amide bonds. The number of esters is 1. The Hall–Kier alpha value is -1.83. The van der Waals surface area contributed by atoms with Crippen LogP contribution in [0.2, 0.25) is 0 Å². The third-order valence-corrected chi connectivity index (χ3v) is 2.22. The van der Waals surface area contributed by atoms with Crippen LogP contribution in [0, 0.1) is 6.92 Å². The molecule has 2 heteroatoms. The Labute approximate surface area is 88.5 Å². The monoisotopic (exact) mass is 200 g/mol. The SMILES string of the molecule is CC(=O)Oc1cc(C)cc2ccccc12. The molecule has 0 aliphatic heterocycles. The van der Waals surface area contributed by atoms with E-state index in [0.717, 1.165) is 16.3 Å². The summed E-state index contributed by atoms with van der Waals surface area (Å²) in [6, 6.07) is 11.8. The number of carbonyl (C=O) groups excluding carboxylic acids is 1. The molecular formula is C13H12O2. The van der Waals surface area contributed by atoms with E-state index in [4.69, 9.17) is 4.74 Å². The van der Waals surface area contributed by atoms with E-state index in [9.17, 15) is 4.79 Å². The lowest BCUT2D eigenvalue weighted by Crippen LogP contribution is -2.02. The van der Waals surface area contributed by atoms with Crippen molar-refractivity contribution in [1.29, 1.82) is 0 Å². The number of fused-ring (bicyclic) bond motifs is 1. The van der Waals surface area contributed by atoms with Gasteiger partial charge in [0.2, 0.25) is 0 Å². The van der Waals surface area contributed by atoms with Gasteiger partial charge < -0.3 is 4.74 Å². The summed E-state index contributed by atoms with van der Waals surface area (Å²) >= 11 is 0. The van der Waals surface area contributed by atoms with Gasteiger partial charge >= 0.3 is 5.97 Å². The number of rotatable bonds is 1. The van der Waals surface area contributed by atoms with Gasteiger partial charge in [0.15, 0.2) is 0 Å². The quantitative estimate of drug-likeness (QED) is 0.522. The summed E-state index contributed by atoms with van der Waals surface area (Å²) in [4.78, 5) is 10.9. The van der Waals surface area contributed by atoms with E-state index in [1.54, 1.807) is 0 Å². The Kier molecular flexibility index (Phi) is 2.42. The molecular weight excluding hydrogens is 188 g/mol. The molecule has 76 valence electrons. The number of ether oxygens (including phenoxy) is 1. The summed E-state index contributed by atoms with van der Waals surface area (Å²) in [6.07, 6.45) is 0. The third-order valence-electron chi connectivity index (χ3n) is 2.22. The van der Waals surface area contributed by atoms with Crippen LogP contribution in [0.5, 0.6) is 5.75 Å². The van der Waals surface area contributed by atoms with Gasteiger partial charge in [-0.25, -0.2) is 0 Å². The first-order valence-corrected chi connectivity index (χ1v) is 4.84. The van der Waals surface area contributed by atoms with E-state index in [1.165, 1.54) is 6.92 Å². The Morgan fingerprint density at radius 2 is 1.93 bits per heavy atom. The molecule has 2 nitrogen and oxygen atoms in total. The number of hydrogen-bond donors (Lipinski definition) is 0. The number of benzene rings is 2. The van der Waals surface area contributed by atoms with Crippen molar-refractivity contribution in [2.45, 2.75) is 13.8 Å². The molecule has 0 atom stereocenters. The average molecular weight is 200 g/mol. The van der Waals surface area contributed by atoms with Crippen LogP contribution in [-0.4, -0.2) is 5.97 Å². The van der Waals surface area contributed by atoms with Crippen molar-refractivity contribution in [2.24, 2.45) is 0 Å². The van der Waals surface area contributed by atoms with Crippen molar-refractivity contribution in [3.05, 3.63) is 42.0 Å². The molecule has 2 aromatic rings. The van der Waals surface area contributed by atoms with Crippen LogP contribution in [0.25, 0.3) is 10.8 Å². The lowest BCUT2D eigenvalue weighted by Gasteiger charge is -2.07. The minimum Gasteiger partial charge on any atom is -0.426 e. The second kappa shape index (κ2) is 3.73. The molecule has 0 aliphatic carbocycles. The van der Waals surface area contributed by atoms with Crippen molar-refractivity contribution < 1.29 is 9.53 Å². The fraction of sp³-hybridized carbons (Fsp3) is 0.154. The zero-order chi connectivity index (χ0) is 10.8. The molecule has 0 aliphatic rings. The Morgan fingerprint density at radius 1 is 1.20 bits per heavy atom. The maximum atomic E-state index is 10.9. The van der Waals surface area contributed by atoms with Gasteiger partial charge in [0.1, 0.15) is 5.75 Å². The molecule has 0 N–H and O–H groups in total. The summed E-state index contributed by atoms with van der Waals surface area (Å²) in [6.45, 7) is 3.40. The van der Waals surface area contributed by atoms with E-state index in [1.807, 2.05) is 37.3 Å². The predicted octanol–water partition coefficient (Wildman–Crippen LogP) is 3.07. The maximum Gasteiger partial charge on any atom is 0.308 e. The van der Waals surface area contributed by atoms with Crippen molar-refractivity contribution in [3.63, 3.8) is 0 Å². The molecule has 0 spiro atoms. The molecule has 0 saturated heterocycles. The molecule has 0 radical (unpaired) electrons. The minimum atomic E-state index is -0.286. The second-order valence-electron chi connectivity index (χ2n) is 3.58. The fourth-order valence-electron chi connectivity index (χ4n) is 1.66. The van der Waals surface area contributed by atoms with Gasteiger partial charge in [-0.1, -0.05) is 30.3 Å². The van der Waals surface area contributed by atoms with Gasteiger partial charge in [-0.2, -0.15) is 0 Å². The van der Waals surface area contributed by atoms with E-state index in [2.05, 4.69) is 6.07 Å². The summed E-state index contributed by atoms with van der Waals surface area (Å²) in [7, 11) is 0. The van der Waals surface area contributed by atoms with E-state index < -0.39 is 0 Å². The van der Waals surface area contributed by atoms with Gasteiger partial charge in [0, 0.05) is 12.3 Å². The lowest BCUT2D eigenvalue weighted by molar-refractivity contribution is -0.131. The minimum absolute atomic E-state index is 0.286. The predicted molar refractivity (Wildman–Crippen MR) is 60.0 cm³/mol. The summed E-state index contributed by atoms with van der Waals surface area (Å²) in [5.41, 5.74) is 1.09. The Balaban J connectivity index is 2.65. The van der Waals surface area contributed by atoms with Crippen LogP contribution < -0.4 is 4.74 Å². The Morgan fingerprint density at radius 3 is 2.67 bits per heavy atom. The van der Waals surface area contributed by atoms with E-state index in [-0.39, 0.29) is 5.97 Å². The van der Waals surface area contributed by atoms with Crippen LogP contribution in [0.3, 0.4) is 0 Å². The topological polar surface area (TPSA) is 26.3 Å². The van der Waals surface area contributed by atoms with Crippen LogP contribution in [-0.2, 0) is 4.79 Å². The summed E-state index contributed by atoms with van der Waals surface area (Å²) in [5, 5.41) is 2.06.